The number of carbonyl (C=O) groups is 1. The zero-order valence-corrected chi connectivity index (χ0v) is 15.7. The van der Waals surface area contributed by atoms with Gasteiger partial charge in [-0.2, -0.15) is 0 Å². The summed E-state index contributed by atoms with van der Waals surface area (Å²) in [5.74, 6) is -0.0338. The fraction of sp³-hybridized carbons (Fsp3) is 0.190. The third-order valence-electron chi connectivity index (χ3n) is 4.33. The lowest BCUT2D eigenvalue weighted by Gasteiger charge is -2.06. The smallest absolute Gasteiger partial charge is 0.251 e. The van der Waals surface area contributed by atoms with E-state index >= 15 is 0 Å². The lowest BCUT2D eigenvalue weighted by Crippen LogP contribution is -2.24. The molecule has 6 heteroatoms. The number of para-hydroxylation sites is 1. The zero-order chi connectivity index (χ0) is 18.5. The summed E-state index contributed by atoms with van der Waals surface area (Å²) in [6, 6.07) is 15.9. The summed E-state index contributed by atoms with van der Waals surface area (Å²) in [6.07, 6.45) is 7.22. The molecule has 0 saturated carbocycles. The maximum atomic E-state index is 12.3. The van der Waals surface area contributed by atoms with Crippen molar-refractivity contribution in [1.29, 1.82) is 0 Å². The maximum Gasteiger partial charge on any atom is 0.251 e. The Labute approximate surface area is 161 Å². The first kappa shape index (κ1) is 17.4. The molecule has 136 valence electrons. The van der Waals surface area contributed by atoms with E-state index in [9.17, 15) is 4.79 Å². The number of hydrogen-bond acceptors (Lipinski definition) is 4. The maximum absolute atomic E-state index is 12.3. The first-order valence-corrected chi connectivity index (χ1v) is 9.77. The number of imidazole rings is 1. The second-order valence-corrected chi connectivity index (χ2v) is 7.48. The molecule has 5 nitrogen and oxygen atoms in total. The second kappa shape index (κ2) is 8.14. The number of thiazole rings is 1. The van der Waals surface area contributed by atoms with Gasteiger partial charge in [-0.25, -0.2) is 9.97 Å². The van der Waals surface area contributed by atoms with Gasteiger partial charge in [0, 0.05) is 37.5 Å². The van der Waals surface area contributed by atoms with Crippen molar-refractivity contribution in [3.63, 3.8) is 0 Å². The molecule has 4 rings (SSSR count). The average molecular weight is 376 g/mol. The predicted octanol–water partition coefficient (Wildman–Crippen LogP) is 3.90. The Bertz CT molecular complexity index is 989. The lowest BCUT2D eigenvalue weighted by molar-refractivity contribution is 0.0953. The number of aromatic nitrogens is 3. The third kappa shape index (κ3) is 4.41. The molecule has 2 aromatic heterocycles. The number of rotatable bonds is 7. The molecule has 2 heterocycles. The van der Waals surface area contributed by atoms with Gasteiger partial charge in [-0.3, -0.25) is 4.79 Å². The van der Waals surface area contributed by atoms with Gasteiger partial charge in [-0.05, 0) is 36.2 Å². The van der Waals surface area contributed by atoms with E-state index in [0.717, 1.165) is 35.5 Å². The summed E-state index contributed by atoms with van der Waals surface area (Å²) < 4.78 is 3.21. The molecule has 0 unspecified atom stereocenters. The minimum Gasteiger partial charge on any atom is -0.352 e. The van der Waals surface area contributed by atoms with Crippen molar-refractivity contribution in [2.75, 3.05) is 6.54 Å². The highest BCUT2D eigenvalue weighted by molar-refractivity contribution is 7.18. The Morgan fingerprint density at radius 3 is 2.74 bits per heavy atom. The molecule has 4 aromatic rings. The van der Waals surface area contributed by atoms with Crippen molar-refractivity contribution < 1.29 is 4.79 Å². The van der Waals surface area contributed by atoms with Crippen LogP contribution in [0.25, 0.3) is 10.2 Å². The van der Waals surface area contributed by atoms with E-state index in [4.69, 9.17) is 0 Å². The normalized spacial score (nSPS) is 11.0. The van der Waals surface area contributed by atoms with Crippen molar-refractivity contribution >= 4 is 27.5 Å². The van der Waals surface area contributed by atoms with Crippen LogP contribution in [0.5, 0.6) is 0 Å². The van der Waals surface area contributed by atoms with E-state index in [2.05, 4.69) is 21.4 Å². The number of amides is 1. The van der Waals surface area contributed by atoms with Crippen LogP contribution in [-0.2, 0) is 13.0 Å². The van der Waals surface area contributed by atoms with Gasteiger partial charge in [-0.15, -0.1) is 11.3 Å². The number of benzene rings is 2. The fourth-order valence-corrected chi connectivity index (χ4v) is 3.93. The van der Waals surface area contributed by atoms with Crippen LogP contribution in [0.4, 0.5) is 0 Å². The Morgan fingerprint density at radius 1 is 1.11 bits per heavy atom. The number of nitrogens with zero attached hydrogens (tertiary/aromatic N) is 3. The molecule has 0 aliphatic heterocycles. The van der Waals surface area contributed by atoms with Gasteiger partial charge in [0.05, 0.1) is 21.6 Å². The Kier molecular flexibility index (Phi) is 5.25. The molecule has 0 fully saturated rings. The summed E-state index contributed by atoms with van der Waals surface area (Å²) >= 11 is 1.73. The summed E-state index contributed by atoms with van der Waals surface area (Å²) in [4.78, 5) is 20.9. The third-order valence-corrected chi connectivity index (χ3v) is 5.43. The van der Waals surface area contributed by atoms with E-state index in [-0.39, 0.29) is 5.91 Å². The SMILES string of the molecule is O=C(NCCCc1nc2ccccc2s1)c1ccc(Cn2ccnc2)cc1. The Hall–Kier alpha value is -2.99. The number of fused-ring (bicyclic) bond motifs is 1. The summed E-state index contributed by atoms with van der Waals surface area (Å²) in [7, 11) is 0. The van der Waals surface area contributed by atoms with Crippen LogP contribution in [0.1, 0.15) is 27.3 Å². The number of carbonyl (C=O) groups excluding carboxylic acids is 1. The van der Waals surface area contributed by atoms with Gasteiger partial charge >= 0.3 is 0 Å². The van der Waals surface area contributed by atoms with Gasteiger partial charge in [-0.1, -0.05) is 24.3 Å². The number of hydrogen-bond donors (Lipinski definition) is 1. The summed E-state index contributed by atoms with van der Waals surface area (Å²) in [5, 5.41) is 4.11. The van der Waals surface area contributed by atoms with Crippen LogP contribution >= 0.6 is 11.3 Å². The molecule has 0 aliphatic rings. The highest BCUT2D eigenvalue weighted by Crippen LogP contribution is 2.22. The van der Waals surface area contributed by atoms with E-state index in [0.29, 0.717) is 12.1 Å². The molecule has 0 radical (unpaired) electrons. The summed E-state index contributed by atoms with van der Waals surface area (Å²) in [6.45, 7) is 1.40. The lowest BCUT2D eigenvalue weighted by atomic mass is 10.1. The van der Waals surface area contributed by atoms with Gasteiger partial charge in [0.15, 0.2) is 0 Å². The standard InChI is InChI=1S/C21H20N4OS/c26-21(17-9-7-16(8-10-17)14-25-13-12-22-15-25)23-11-3-6-20-24-18-4-1-2-5-19(18)27-20/h1-2,4-5,7-10,12-13,15H,3,6,11,14H2,(H,23,26). The molecule has 0 atom stereocenters. The molecule has 1 N–H and O–H groups in total. The zero-order valence-electron chi connectivity index (χ0n) is 14.8. The first-order valence-electron chi connectivity index (χ1n) is 8.95. The molecular formula is C21H20N4OS. The Morgan fingerprint density at radius 2 is 1.96 bits per heavy atom. The van der Waals surface area contributed by atoms with Gasteiger partial charge in [0.25, 0.3) is 5.91 Å². The van der Waals surface area contributed by atoms with E-state index < -0.39 is 0 Å². The molecule has 0 spiro atoms. The van der Waals surface area contributed by atoms with Crippen LogP contribution in [0.15, 0.2) is 67.3 Å². The largest absolute Gasteiger partial charge is 0.352 e. The van der Waals surface area contributed by atoms with Crippen molar-refractivity contribution in [3.8, 4) is 0 Å². The van der Waals surface area contributed by atoms with Crippen LogP contribution in [0, 0.1) is 0 Å². The molecule has 0 bridgehead atoms. The number of nitrogens with one attached hydrogen (secondary N) is 1. The highest BCUT2D eigenvalue weighted by Gasteiger charge is 2.06. The molecule has 0 aliphatic carbocycles. The molecule has 2 aromatic carbocycles. The van der Waals surface area contributed by atoms with E-state index in [1.54, 1.807) is 23.9 Å². The predicted molar refractivity (Wildman–Crippen MR) is 108 cm³/mol. The second-order valence-electron chi connectivity index (χ2n) is 6.37. The van der Waals surface area contributed by atoms with Crippen molar-refractivity contribution in [1.82, 2.24) is 19.9 Å². The Balaban J connectivity index is 1.25. The highest BCUT2D eigenvalue weighted by atomic mass is 32.1. The van der Waals surface area contributed by atoms with Crippen LogP contribution in [0.2, 0.25) is 0 Å². The minimum atomic E-state index is -0.0338. The average Bonchev–Trinajstić information content (AvgIpc) is 3.34. The van der Waals surface area contributed by atoms with Gasteiger partial charge < -0.3 is 9.88 Å². The summed E-state index contributed by atoms with van der Waals surface area (Å²) in [5.41, 5.74) is 2.88. The van der Waals surface area contributed by atoms with E-state index in [1.165, 1.54) is 4.70 Å². The topological polar surface area (TPSA) is 59.8 Å². The van der Waals surface area contributed by atoms with Crippen molar-refractivity contribution in [2.45, 2.75) is 19.4 Å². The molecule has 0 saturated heterocycles. The van der Waals surface area contributed by atoms with Gasteiger partial charge in [0.2, 0.25) is 0 Å². The van der Waals surface area contributed by atoms with Gasteiger partial charge in [0.1, 0.15) is 0 Å². The van der Waals surface area contributed by atoms with Crippen molar-refractivity contribution in [3.05, 3.63) is 83.4 Å². The van der Waals surface area contributed by atoms with Crippen molar-refractivity contribution in [2.24, 2.45) is 0 Å². The fourth-order valence-electron chi connectivity index (χ4n) is 2.92. The molecular weight excluding hydrogens is 356 g/mol. The van der Waals surface area contributed by atoms with Crippen LogP contribution in [-0.4, -0.2) is 27.0 Å². The van der Waals surface area contributed by atoms with E-state index in [1.807, 2.05) is 53.2 Å². The molecule has 27 heavy (non-hydrogen) atoms. The first-order chi connectivity index (χ1) is 13.3. The minimum absolute atomic E-state index is 0.0338. The van der Waals surface area contributed by atoms with Crippen LogP contribution in [0.3, 0.4) is 0 Å². The van der Waals surface area contributed by atoms with Crippen LogP contribution < -0.4 is 5.32 Å². The monoisotopic (exact) mass is 376 g/mol. The molecule has 1 amide bonds. The quantitative estimate of drug-likeness (QED) is 0.498. The number of aryl methyl sites for hydroxylation is 1.